The predicted octanol–water partition coefficient (Wildman–Crippen LogP) is 7.16. The van der Waals surface area contributed by atoms with Gasteiger partial charge >= 0.3 is 0 Å². The summed E-state index contributed by atoms with van der Waals surface area (Å²) in [5, 5.41) is 1.03. The van der Waals surface area contributed by atoms with Crippen molar-refractivity contribution in [3.63, 3.8) is 0 Å². The summed E-state index contributed by atoms with van der Waals surface area (Å²) >= 11 is 3.66. The van der Waals surface area contributed by atoms with Crippen molar-refractivity contribution in [3.8, 4) is 5.75 Å². The van der Waals surface area contributed by atoms with E-state index in [1.165, 1.54) is 57.8 Å². The molecule has 0 saturated heterocycles. The van der Waals surface area contributed by atoms with Gasteiger partial charge in [0.15, 0.2) is 0 Å². The first-order valence-electron chi connectivity index (χ1n) is 9.05. The van der Waals surface area contributed by atoms with E-state index in [4.69, 9.17) is 4.74 Å². The number of halogens is 1. The Kier molecular flexibility index (Phi) is 14.7. The van der Waals surface area contributed by atoms with E-state index >= 15 is 0 Å². The first kappa shape index (κ1) is 22.5. The van der Waals surface area contributed by atoms with Crippen LogP contribution in [0.4, 0.5) is 0 Å². The molecule has 1 aromatic rings. The maximum atomic E-state index is 6.06. The molecule has 2 atom stereocenters. The lowest BCUT2D eigenvalue weighted by Crippen LogP contribution is -2.25. The Morgan fingerprint density at radius 3 is 2.04 bits per heavy atom. The van der Waals surface area contributed by atoms with Gasteiger partial charge in [0.05, 0.1) is 6.10 Å². The van der Waals surface area contributed by atoms with E-state index in [1.54, 1.807) is 0 Å². The molecule has 1 rings (SSSR count). The van der Waals surface area contributed by atoms with Crippen LogP contribution < -0.4 is 10.9 Å². The highest BCUT2D eigenvalue weighted by molar-refractivity contribution is 9.09. The average Bonchev–Trinajstić information content (AvgIpc) is 2.54. The molecule has 0 aromatic heterocycles. The molecule has 1 aromatic carbocycles. The zero-order valence-electron chi connectivity index (χ0n) is 15.1. The molecule has 23 heavy (non-hydrogen) atoms. The molecule has 0 saturated carbocycles. The lowest BCUT2D eigenvalue weighted by atomic mass is 9.97. The predicted molar refractivity (Wildman–Crippen MR) is 106 cm³/mol. The smallest absolute Gasteiger partial charge is 0.119 e. The number of ether oxygens (including phenoxy) is 1. The van der Waals surface area contributed by atoms with Crippen molar-refractivity contribution in [2.45, 2.75) is 77.7 Å². The summed E-state index contributed by atoms with van der Waals surface area (Å²) in [5.74, 6) is 1.58. The van der Waals surface area contributed by atoms with Crippen LogP contribution in [0.15, 0.2) is 30.3 Å². The van der Waals surface area contributed by atoms with Crippen molar-refractivity contribution in [3.05, 3.63) is 30.3 Å². The second kappa shape index (κ2) is 15.0. The molecule has 2 nitrogen and oxygen atoms in total. The van der Waals surface area contributed by atoms with Crippen molar-refractivity contribution in [1.82, 2.24) is 6.15 Å². The Balaban J connectivity index is 0.00000484. The molecule has 0 bridgehead atoms. The Hall–Kier alpha value is -0.540. The minimum Gasteiger partial charge on any atom is -0.490 e. The van der Waals surface area contributed by atoms with E-state index in [9.17, 15) is 0 Å². The van der Waals surface area contributed by atoms with Crippen LogP contribution in [0.5, 0.6) is 5.75 Å². The highest BCUT2D eigenvalue weighted by Gasteiger charge is 2.17. The Morgan fingerprint density at radius 1 is 0.913 bits per heavy atom. The minimum absolute atomic E-state index is 0. The monoisotopic (exact) mass is 385 g/mol. The molecule has 0 fully saturated rings. The maximum absolute atomic E-state index is 6.06. The lowest BCUT2D eigenvalue weighted by Gasteiger charge is -2.23. The number of hydrogen-bond acceptors (Lipinski definition) is 2. The highest BCUT2D eigenvalue weighted by Crippen LogP contribution is 2.22. The van der Waals surface area contributed by atoms with Crippen molar-refractivity contribution >= 4 is 15.9 Å². The molecule has 2 unspecified atom stereocenters. The quantitative estimate of drug-likeness (QED) is 0.289. The van der Waals surface area contributed by atoms with Crippen LogP contribution in [0, 0.1) is 5.92 Å². The van der Waals surface area contributed by atoms with Gasteiger partial charge in [-0.05, 0) is 25.5 Å². The molecule has 0 amide bonds. The third-order valence-corrected chi connectivity index (χ3v) is 5.19. The summed E-state index contributed by atoms with van der Waals surface area (Å²) in [5.41, 5.74) is 0. The normalized spacial score (nSPS) is 13.2. The number of para-hydroxylation sites is 1. The summed E-state index contributed by atoms with van der Waals surface area (Å²) in [7, 11) is 0. The van der Waals surface area contributed by atoms with Crippen LogP contribution in [0.1, 0.15) is 71.6 Å². The minimum atomic E-state index is 0. The molecular formula is C20H36BrNO. The van der Waals surface area contributed by atoms with Gasteiger partial charge in [-0.3, -0.25) is 0 Å². The summed E-state index contributed by atoms with van der Waals surface area (Å²) in [6.45, 7) is 4.47. The lowest BCUT2D eigenvalue weighted by molar-refractivity contribution is 0.156. The second-order valence-corrected chi connectivity index (χ2v) is 6.96. The van der Waals surface area contributed by atoms with E-state index in [0.29, 0.717) is 5.92 Å². The fourth-order valence-electron chi connectivity index (χ4n) is 2.79. The van der Waals surface area contributed by atoms with Gasteiger partial charge in [0.2, 0.25) is 0 Å². The highest BCUT2D eigenvalue weighted by atomic mass is 79.9. The molecular weight excluding hydrogens is 350 g/mol. The van der Waals surface area contributed by atoms with Gasteiger partial charge < -0.3 is 10.9 Å². The standard InChI is InChI=1S/C20H33BrO.H3N/c1-3-4-5-6-7-8-9-11-14-19(17-21)18(2)22-20-15-12-10-13-16-20;/h10,12-13,15-16,18-19H,3-9,11,14,17H2,1-2H3;1H3. The molecule has 0 aliphatic heterocycles. The largest absolute Gasteiger partial charge is 0.490 e. The van der Waals surface area contributed by atoms with Crippen LogP contribution in [0.25, 0.3) is 0 Å². The molecule has 0 spiro atoms. The van der Waals surface area contributed by atoms with Crippen LogP contribution in [-0.4, -0.2) is 11.4 Å². The van der Waals surface area contributed by atoms with Crippen LogP contribution in [0.2, 0.25) is 0 Å². The Bertz CT molecular complexity index is 358. The molecule has 3 heteroatoms. The molecule has 3 N–H and O–H groups in total. The number of rotatable bonds is 13. The zero-order chi connectivity index (χ0) is 16.0. The number of hydrogen-bond donors (Lipinski definition) is 1. The summed E-state index contributed by atoms with van der Waals surface area (Å²) in [4.78, 5) is 0. The molecule has 134 valence electrons. The molecule has 0 heterocycles. The van der Waals surface area contributed by atoms with E-state index in [0.717, 1.165) is 11.1 Å². The topological polar surface area (TPSA) is 44.2 Å². The van der Waals surface area contributed by atoms with Gasteiger partial charge in [0, 0.05) is 11.2 Å². The van der Waals surface area contributed by atoms with Crippen molar-refractivity contribution in [2.75, 3.05) is 5.33 Å². The first-order valence-corrected chi connectivity index (χ1v) is 10.2. The van der Waals surface area contributed by atoms with Crippen LogP contribution in [0.3, 0.4) is 0 Å². The molecule has 0 aliphatic rings. The number of benzene rings is 1. The Labute approximate surface area is 152 Å². The SMILES string of the molecule is CCCCCCCCCCC(CBr)C(C)Oc1ccccc1.N. The van der Waals surface area contributed by atoms with Crippen molar-refractivity contribution < 1.29 is 4.74 Å². The van der Waals surface area contributed by atoms with Gasteiger partial charge in [-0.2, -0.15) is 0 Å². The summed E-state index contributed by atoms with van der Waals surface area (Å²) in [6, 6.07) is 10.2. The van der Waals surface area contributed by atoms with Crippen LogP contribution >= 0.6 is 15.9 Å². The van der Waals surface area contributed by atoms with E-state index in [2.05, 4.69) is 29.8 Å². The third-order valence-electron chi connectivity index (χ3n) is 4.36. The van der Waals surface area contributed by atoms with Gasteiger partial charge in [-0.15, -0.1) is 0 Å². The van der Waals surface area contributed by atoms with Crippen molar-refractivity contribution in [1.29, 1.82) is 0 Å². The first-order chi connectivity index (χ1) is 10.8. The average molecular weight is 386 g/mol. The van der Waals surface area contributed by atoms with Crippen LogP contribution in [-0.2, 0) is 0 Å². The van der Waals surface area contributed by atoms with Crippen molar-refractivity contribution in [2.24, 2.45) is 5.92 Å². The molecule has 0 aliphatic carbocycles. The van der Waals surface area contributed by atoms with Gasteiger partial charge in [-0.1, -0.05) is 92.4 Å². The number of unbranched alkanes of at least 4 members (excludes halogenated alkanes) is 7. The third kappa shape index (κ3) is 10.8. The van der Waals surface area contributed by atoms with Gasteiger partial charge in [-0.25, -0.2) is 0 Å². The fourth-order valence-corrected chi connectivity index (χ4v) is 3.64. The van der Waals surface area contributed by atoms with Gasteiger partial charge in [0.25, 0.3) is 0 Å². The number of alkyl halides is 1. The van der Waals surface area contributed by atoms with E-state index < -0.39 is 0 Å². The second-order valence-electron chi connectivity index (χ2n) is 6.31. The Morgan fingerprint density at radius 2 is 1.48 bits per heavy atom. The van der Waals surface area contributed by atoms with E-state index in [-0.39, 0.29) is 12.3 Å². The summed E-state index contributed by atoms with van der Waals surface area (Å²) in [6.07, 6.45) is 12.6. The van der Waals surface area contributed by atoms with E-state index in [1.807, 2.05) is 30.3 Å². The van der Waals surface area contributed by atoms with Gasteiger partial charge in [0.1, 0.15) is 5.75 Å². The zero-order valence-corrected chi connectivity index (χ0v) is 16.7. The summed E-state index contributed by atoms with van der Waals surface area (Å²) < 4.78 is 6.06. The molecule has 0 radical (unpaired) electrons. The maximum Gasteiger partial charge on any atom is 0.119 e. The fraction of sp³-hybridized carbons (Fsp3) is 0.700.